The van der Waals surface area contributed by atoms with Crippen molar-refractivity contribution in [3.63, 3.8) is 0 Å². The van der Waals surface area contributed by atoms with Crippen molar-refractivity contribution in [2.45, 2.75) is 49.8 Å². The molecule has 0 aliphatic heterocycles. The van der Waals surface area contributed by atoms with Crippen LogP contribution in [0.3, 0.4) is 0 Å². The lowest BCUT2D eigenvalue weighted by molar-refractivity contribution is 0.0276. The van der Waals surface area contributed by atoms with Crippen LogP contribution in [0.1, 0.15) is 38.4 Å². The van der Waals surface area contributed by atoms with Gasteiger partial charge in [0.15, 0.2) is 0 Å². The van der Waals surface area contributed by atoms with E-state index in [1.165, 1.54) is 0 Å². The van der Waals surface area contributed by atoms with Crippen molar-refractivity contribution in [2.24, 2.45) is 0 Å². The first-order valence-electron chi connectivity index (χ1n) is 7.19. The van der Waals surface area contributed by atoms with Gasteiger partial charge in [0.2, 0.25) is 10.0 Å². The third kappa shape index (κ3) is 4.06. The normalized spacial score (nSPS) is 16.4. The van der Waals surface area contributed by atoms with Gasteiger partial charge in [0.25, 0.3) is 0 Å². The Kier molecular flexibility index (Phi) is 4.77. The molecule has 1 aromatic heterocycles. The summed E-state index contributed by atoms with van der Waals surface area (Å²) < 4.78 is 34.8. The monoisotopic (exact) mass is 315 g/mol. The Morgan fingerprint density at radius 3 is 2.62 bits per heavy atom. The van der Waals surface area contributed by atoms with Gasteiger partial charge in [0.05, 0.1) is 10.5 Å². The van der Waals surface area contributed by atoms with Crippen molar-refractivity contribution in [3.05, 3.63) is 18.0 Å². The van der Waals surface area contributed by atoms with Crippen LogP contribution in [-0.2, 0) is 21.3 Å². The van der Waals surface area contributed by atoms with Gasteiger partial charge in [0.1, 0.15) is 0 Å². The van der Waals surface area contributed by atoms with E-state index in [0.29, 0.717) is 17.5 Å². The van der Waals surface area contributed by atoms with Crippen LogP contribution in [-0.4, -0.2) is 39.3 Å². The summed E-state index contributed by atoms with van der Waals surface area (Å²) in [5.41, 5.74) is 0.478. The standard InChI is InChI=1S/C14H25N3O3S/c1-14(2,20-4)10-16-21(18,19)13-7-12(8-15-3)17(9-13)11-5-6-11/h7,9,11,15-16H,5-6,8,10H2,1-4H3. The van der Waals surface area contributed by atoms with Gasteiger partial charge in [0, 0.05) is 38.1 Å². The van der Waals surface area contributed by atoms with E-state index in [1.807, 2.05) is 20.9 Å². The van der Waals surface area contributed by atoms with Gasteiger partial charge in [-0.1, -0.05) is 0 Å². The van der Waals surface area contributed by atoms with Gasteiger partial charge in [-0.25, -0.2) is 13.1 Å². The third-order valence-electron chi connectivity index (χ3n) is 3.76. The zero-order chi connectivity index (χ0) is 15.7. The minimum Gasteiger partial charge on any atom is -0.377 e. The topological polar surface area (TPSA) is 72.4 Å². The summed E-state index contributed by atoms with van der Waals surface area (Å²) in [6.07, 6.45) is 3.98. The van der Waals surface area contributed by atoms with E-state index in [0.717, 1.165) is 18.5 Å². The minimum absolute atomic E-state index is 0.238. The van der Waals surface area contributed by atoms with Gasteiger partial charge in [-0.05, 0) is 39.8 Å². The number of rotatable bonds is 8. The predicted molar refractivity (Wildman–Crippen MR) is 81.7 cm³/mol. The summed E-state index contributed by atoms with van der Waals surface area (Å²) in [4.78, 5) is 0.326. The van der Waals surface area contributed by atoms with E-state index in [9.17, 15) is 8.42 Å². The van der Waals surface area contributed by atoms with Crippen molar-refractivity contribution in [1.82, 2.24) is 14.6 Å². The Morgan fingerprint density at radius 1 is 1.43 bits per heavy atom. The van der Waals surface area contributed by atoms with Gasteiger partial charge >= 0.3 is 0 Å². The molecule has 2 rings (SSSR count). The maximum Gasteiger partial charge on any atom is 0.242 e. The molecule has 1 fully saturated rings. The molecule has 0 spiro atoms. The first kappa shape index (κ1) is 16.5. The molecule has 21 heavy (non-hydrogen) atoms. The molecular weight excluding hydrogens is 290 g/mol. The maximum absolute atomic E-state index is 12.4. The van der Waals surface area contributed by atoms with E-state index in [1.54, 1.807) is 19.4 Å². The molecule has 1 heterocycles. The summed E-state index contributed by atoms with van der Waals surface area (Å²) in [5.74, 6) is 0. The van der Waals surface area contributed by atoms with Crippen LogP contribution in [0.25, 0.3) is 0 Å². The fraction of sp³-hybridized carbons (Fsp3) is 0.714. The number of nitrogens with zero attached hydrogens (tertiary/aromatic N) is 1. The molecule has 120 valence electrons. The third-order valence-corrected chi connectivity index (χ3v) is 5.12. The maximum atomic E-state index is 12.4. The van der Waals surface area contributed by atoms with E-state index in [4.69, 9.17) is 4.74 Å². The lowest BCUT2D eigenvalue weighted by atomic mass is 10.1. The van der Waals surface area contributed by atoms with Gasteiger partial charge in [-0.15, -0.1) is 0 Å². The molecule has 0 atom stereocenters. The Hall–Kier alpha value is -0.890. The van der Waals surface area contributed by atoms with Crippen LogP contribution >= 0.6 is 0 Å². The average molecular weight is 315 g/mol. The van der Waals surface area contributed by atoms with Crippen LogP contribution in [0.5, 0.6) is 0 Å². The highest BCUT2D eigenvalue weighted by molar-refractivity contribution is 7.89. The van der Waals surface area contributed by atoms with Crippen LogP contribution in [0.2, 0.25) is 0 Å². The Labute approximate surface area is 126 Å². The van der Waals surface area contributed by atoms with Crippen LogP contribution < -0.4 is 10.0 Å². The number of nitrogens with one attached hydrogen (secondary N) is 2. The van der Waals surface area contributed by atoms with Crippen LogP contribution in [0.4, 0.5) is 0 Å². The molecule has 0 radical (unpaired) electrons. The van der Waals surface area contributed by atoms with Crippen molar-refractivity contribution < 1.29 is 13.2 Å². The molecule has 6 nitrogen and oxygen atoms in total. The molecule has 2 N–H and O–H groups in total. The van der Waals surface area contributed by atoms with Crippen molar-refractivity contribution in [3.8, 4) is 0 Å². The number of sulfonamides is 1. The quantitative estimate of drug-likeness (QED) is 0.757. The Balaban J connectivity index is 2.18. The number of aromatic nitrogens is 1. The van der Waals surface area contributed by atoms with E-state index >= 15 is 0 Å². The summed E-state index contributed by atoms with van der Waals surface area (Å²) in [6, 6.07) is 2.20. The highest BCUT2D eigenvalue weighted by Gasteiger charge is 2.29. The van der Waals surface area contributed by atoms with Crippen LogP contribution in [0, 0.1) is 0 Å². The average Bonchev–Trinajstić information content (AvgIpc) is 3.18. The van der Waals surface area contributed by atoms with Crippen molar-refractivity contribution >= 4 is 10.0 Å². The molecule has 0 aromatic carbocycles. The second-order valence-electron chi connectivity index (χ2n) is 6.12. The molecule has 1 aliphatic rings. The number of hydrogen-bond acceptors (Lipinski definition) is 4. The zero-order valence-corrected chi connectivity index (χ0v) is 14.0. The second kappa shape index (κ2) is 6.08. The first-order valence-corrected chi connectivity index (χ1v) is 8.67. The molecule has 0 unspecified atom stereocenters. The minimum atomic E-state index is -3.51. The van der Waals surface area contributed by atoms with Gasteiger partial charge < -0.3 is 14.6 Å². The number of ether oxygens (including phenoxy) is 1. The van der Waals surface area contributed by atoms with Crippen molar-refractivity contribution in [2.75, 3.05) is 20.7 Å². The molecule has 0 saturated heterocycles. The highest BCUT2D eigenvalue weighted by atomic mass is 32.2. The fourth-order valence-corrected chi connectivity index (χ4v) is 3.33. The van der Waals surface area contributed by atoms with Crippen molar-refractivity contribution in [1.29, 1.82) is 0 Å². The largest absolute Gasteiger partial charge is 0.377 e. The predicted octanol–water partition coefficient (Wildman–Crippen LogP) is 1.25. The molecule has 0 bridgehead atoms. The first-order chi connectivity index (χ1) is 9.79. The smallest absolute Gasteiger partial charge is 0.242 e. The SMILES string of the molecule is CNCc1cc(S(=O)(=O)NCC(C)(C)OC)cn1C1CC1. The summed E-state index contributed by atoms with van der Waals surface area (Å²) in [6.45, 7) is 4.59. The highest BCUT2D eigenvalue weighted by Crippen LogP contribution is 2.37. The fourth-order valence-electron chi connectivity index (χ4n) is 2.08. The molecular formula is C14H25N3O3S. The Bertz CT molecular complexity index is 589. The summed E-state index contributed by atoms with van der Waals surface area (Å²) in [5, 5.41) is 3.08. The summed E-state index contributed by atoms with van der Waals surface area (Å²) >= 11 is 0. The van der Waals surface area contributed by atoms with Gasteiger partial charge in [-0.2, -0.15) is 0 Å². The summed E-state index contributed by atoms with van der Waals surface area (Å²) in [7, 11) is -0.0767. The lowest BCUT2D eigenvalue weighted by Gasteiger charge is -2.22. The Morgan fingerprint density at radius 2 is 2.10 bits per heavy atom. The van der Waals surface area contributed by atoms with E-state index < -0.39 is 15.6 Å². The van der Waals surface area contributed by atoms with E-state index in [-0.39, 0.29) is 6.54 Å². The molecule has 1 saturated carbocycles. The number of methoxy groups -OCH3 is 1. The molecule has 1 aliphatic carbocycles. The lowest BCUT2D eigenvalue weighted by Crippen LogP contribution is -2.39. The van der Waals surface area contributed by atoms with E-state index in [2.05, 4.69) is 14.6 Å². The molecule has 1 aromatic rings. The number of hydrogen-bond donors (Lipinski definition) is 2. The van der Waals surface area contributed by atoms with Crippen LogP contribution in [0.15, 0.2) is 17.2 Å². The van der Waals surface area contributed by atoms with Gasteiger partial charge in [-0.3, -0.25) is 0 Å². The molecule has 0 amide bonds. The zero-order valence-electron chi connectivity index (χ0n) is 13.1. The second-order valence-corrected chi connectivity index (χ2v) is 7.89. The molecule has 7 heteroatoms.